The Hall–Kier alpha value is -1.47. The summed E-state index contributed by atoms with van der Waals surface area (Å²) in [5, 5.41) is 4.56. The maximum Gasteiger partial charge on any atom is 0.262 e. The van der Waals surface area contributed by atoms with Gasteiger partial charge in [-0.15, -0.1) is 0 Å². The molecule has 7 heteroatoms. The normalized spacial score (nSPS) is 14.7. The molecule has 2 aromatic rings. The predicted molar refractivity (Wildman–Crippen MR) is 69.2 cm³/mol. The van der Waals surface area contributed by atoms with Crippen LogP contribution in [0.25, 0.3) is 11.5 Å². The lowest BCUT2D eigenvalue weighted by Gasteiger charge is -2.21. The van der Waals surface area contributed by atoms with Crippen LogP contribution < -0.4 is 5.73 Å². The van der Waals surface area contributed by atoms with E-state index in [1.54, 1.807) is 7.11 Å². The highest BCUT2D eigenvalue weighted by Crippen LogP contribution is 2.33. The summed E-state index contributed by atoms with van der Waals surface area (Å²) >= 11 is 1.22. The van der Waals surface area contributed by atoms with Crippen molar-refractivity contribution in [2.75, 3.05) is 12.8 Å². The lowest BCUT2D eigenvalue weighted by molar-refractivity contribution is -0.0106. The molecule has 0 aliphatic rings. The van der Waals surface area contributed by atoms with Gasteiger partial charge in [-0.3, -0.25) is 0 Å². The zero-order valence-corrected chi connectivity index (χ0v) is 11.7. The van der Waals surface area contributed by atoms with Gasteiger partial charge in [-0.25, -0.2) is 0 Å². The van der Waals surface area contributed by atoms with E-state index in [9.17, 15) is 0 Å². The molecule has 98 valence electrons. The Morgan fingerprint density at radius 2 is 2.22 bits per heavy atom. The Labute approximate surface area is 109 Å². The summed E-state index contributed by atoms with van der Waals surface area (Å²) < 4.78 is 14.9. The van der Waals surface area contributed by atoms with Gasteiger partial charge in [0.25, 0.3) is 5.89 Å². The Morgan fingerprint density at radius 1 is 1.50 bits per heavy atom. The van der Waals surface area contributed by atoms with Crippen LogP contribution in [0.2, 0.25) is 0 Å². The zero-order chi connectivity index (χ0) is 13.3. The number of rotatable bonds is 4. The smallest absolute Gasteiger partial charge is 0.262 e. The minimum absolute atomic E-state index is 0.394. The van der Waals surface area contributed by atoms with Crippen LogP contribution in [-0.4, -0.2) is 21.6 Å². The monoisotopic (exact) mass is 268 g/mol. The minimum Gasteiger partial charge on any atom is -0.389 e. The van der Waals surface area contributed by atoms with Crippen molar-refractivity contribution >= 4 is 16.5 Å². The average molecular weight is 268 g/mol. The van der Waals surface area contributed by atoms with E-state index in [1.165, 1.54) is 11.5 Å². The van der Waals surface area contributed by atoms with Crippen molar-refractivity contribution in [1.29, 1.82) is 0 Å². The van der Waals surface area contributed by atoms with E-state index in [1.807, 2.05) is 20.8 Å². The fourth-order valence-electron chi connectivity index (χ4n) is 1.58. The topological polar surface area (TPSA) is 87.1 Å². The molecule has 0 fully saturated rings. The quantitative estimate of drug-likeness (QED) is 0.915. The van der Waals surface area contributed by atoms with Crippen molar-refractivity contribution in [1.82, 2.24) is 14.5 Å². The lowest BCUT2D eigenvalue weighted by atomic mass is 10.0. The standard InChI is InChI=1S/C11H16N4O2S/c1-5-11(3,16-4)10-13-9(17-14-10)7-6(2)15-18-8(7)12/h5,12H2,1-4H3. The molecule has 0 radical (unpaired) electrons. The predicted octanol–water partition coefficient (Wildman–Crippen LogP) is 2.36. The molecule has 6 nitrogen and oxygen atoms in total. The van der Waals surface area contributed by atoms with Gasteiger partial charge >= 0.3 is 0 Å². The first-order chi connectivity index (χ1) is 8.51. The van der Waals surface area contributed by atoms with Gasteiger partial charge in [0.15, 0.2) is 0 Å². The Morgan fingerprint density at radius 3 is 2.72 bits per heavy atom. The van der Waals surface area contributed by atoms with Crippen LogP contribution >= 0.6 is 11.5 Å². The van der Waals surface area contributed by atoms with E-state index in [-0.39, 0.29) is 0 Å². The second-order valence-corrected chi connectivity index (χ2v) is 5.02. The first kappa shape index (κ1) is 13.0. The fourth-order valence-corrected chi connectivity index (χ4v) is 2.23. The number of hydrogen-bond donors (Lipinski definition) is 1. The maximum absolute atomic E-state index is 5.85. The maximum atomic E-state index is 5.85. The Balaban J connectivity index is 2.43. The summed E-state index contributed by atoms with van der Waals surface area (Å²) in [5.74, 6) is 0.915. The summed E-state index contributed by atoms with van der Waals surface area (Å²) in [7, 11) is 1.63. The Kier molecular flexibility index (Phi) is 3.36. The fraction of sp³-hybridized carbons (Fsp3) is 0.545. The molecule has 0 amide bonds. The van der Waals surface area contributed by atoms with Gasteiger partial charge in [0.1, 0.15) is 10.6 Å². The van der Waals surface area contributed by atoms with Crippen LogP contribution in [0.15, 0.2) is 4.52 Å². The number of hydrogen-bond acceptors (Lipinski definition) is 7. The third-order valence-electron chi connectivity index (χ3n) is 3.13. The van der Waals surface area contributed by atoms with Crippen LogP contribution in [0.1, 0.15) is 31.8 Å². The van der Waals surface area contributed by atoms with Gasteiger partial charge in [0.2, 0.25) is 5.82 Å². The number of methoxy groups -OCH3 is 1. The van der Waals surface area contributed by atoms with Crippen molar-refractivity contribution in [2.24, 2.45) is 0 Å². The van der Waals surface area contributed by atoms with Crippen LogP contribution in [-0.2, 0) is 10.3 Å². The van der Waals surface area contributed by atoms with E-state index in [2.05, 4.69) is 14.5 Å². The molecular formula is C11H16N4O2S. The summed E-state index contributed by atoms with van der Waals surface area (Å²) in [6.45, 7) is 5.79. The van der Waals surface area contributed by atoms with Gasteiger partial charge < -0.3 is 15.0 Å². The molecule has 2 heterocycles. The van der Waals surface area contributed by atoms with Crippen molar-refractivity contribution < 1.29 is 9.26 Å². The molecule has 2 N–H and O–H groups in total. The van der Waals surface area contributed by atoms with E-state index >= 15 is 0 Å². The SMILES string of the molecule is CCC(C)(OC)c1noc(-c2c(C)nsc2N)n1. The number of nitrogens with two attached hydrogens (primary N) is 1. The van der Waals surface area contributed by atoms with E-state index < -0.39 is 5.60 Å². The van der Waals surface area contributed by atoms with E-state index in [0.717, 1.165) is 12.1 Å². The van der Waals surface area contributed by atoms with Crippen LogP contribution in [0.3, 0.4) is 0 Å². The summed E-state index contributed by atoms with van der Waals surface area (Å²) in [5.41, 5.74) is 6.82. The zero-order valence-electron chi connectivity index (χ0n) is 10.9. The van der Waals surface area contributed by atoms with Gasteiger partial charge in [-0.1, -0.05) is 12.1 Å². The number of aromatic nitrogens is 3. The average Bonchev–Trinajstić information content (AvgIpc) is 2.96. The second-order valence-electron chi connectivity index (χ2n) is 4.22. The van der Waals surface area contributed by atoms with E-state index in [0.29, 0.717) is 22.3 Å². The highest BCUT2D eigenvalue weighted by Gasteiger charge is 2.31. The molecule has 0 aliphatic carbocycles. The van der Waals surface area contributed by atoms with Gasteiger partial charge in [-0.2, -0.15) is 9.36 Å². The minimum atomic E-state index is -0.548. The Bertz CT molecular complexity index is 525. The molecule has 0 bridgehead atoms. The van der Waals surface area contributed by atoms with Gasteiger partial charge in [0.05, 0.1) is 11.3 Å². The highest BCUT2D eigenvalue weighted by atomic mass is 32.1. The third kappa shape index (κ3) is 1.99. The van der Waals surface area contributed by atoms with Crippen LogP contribution in [0.5, 0.6) is 0 Å². The van der Waals surface area contributed by atoms with Crippen molar-refractivity contribution in [3.8, 4) is 11.5 Å². The molecule has 1 unspecified atom stereocenters. The summed E-state index contributed by atoms with van der Waals surface area (Å²) in [6, 6.07) is 0. The van der Waals surface area contributed by atoms with Crippen LogP contribution in [0.4, 0.5) is 5.00 Å². The van der Waals surface area contributed by atoms with Crippen LogP contribution in [0, 0.1) is 6.92 Å². The van der Waals surface area contributed by atoms with Crippen molar-refractivity contribution in [3.63, 3.8) is 0 Å². The van der Waals surface area contributed by atoms with E-state index in [4.69, 9.17) is 15.0 Å². The molecule has 1 atom stereocenters. The molecule has 0 aliphatic heterocycles. The summed E-state index contributed by atoms with van der Waals surface area (Å²) in [6.07, 6.45) is 0.749. The molecule has 2 aromatic heterocycles. The number of ether oxygens (including phenoxy) is 1. The number of anilines is 1. The third-order valence-corrected chi connectivity index (χ3v) is 3.89. The highest BCUT2D eigenvalue weighted by molar-refractivity contribution is 7.10. The molecule has 18 heavy (non-hydrogen) atoms. The summed E-state index contributed by atoms with van der Waals surface area (Å²) in [4.78, 5) is 4.37. The number of nitrogen functional groups attached to an aromatic ring is 1. The van der Waals surface area contributed by atoms with Gasteiger partial charge in [0, 0.05) is 7.11 Å². The lowest BCUT2D eigenvalue weighted by Crippen LogP contribution is -2.24. The number of nitrogens with zero attached hydrogens (tertiary/aromatic N) is 3. The largest absolute Gasteiger partial charge is 0.389 e. The molecule has 0 spiro atoms. The van der Waals surface area contributed by atoms with Crippen molar-refractivity contribution in [2.45, 2.75) is 32.8 Å². The molecule has 2 rings (SSSR count). The molecular weight excluding hydrogens is 252 g/mol. The second kappa shape index (κ2) is 4.66. The number of aryl methyl sites for hydroxylation is 1. The van der Waals surface area contributed by atoms with Crippen molar-refractivity contribution in [3.05, 3.63) is 11.5 Å². The first-order valence-corrected chi connectivity index (χ1v) is 6.40. The van der Waals surface area contributed by atoms with Gasteiger partial charge in [-0.05, 0) is 31.8 Å². The molecule has 0 aromatic carbocycles. The molecule has 0 saturated carbocycles. The first-order valence-electron chi connectivity index (χ1n) is 5.63. The molecule has 0 saturated heterocycles.